The van der Waals surface area contributed by atoms with E-state index in [1.165, 1.54) is 11.1 Å². The molecular weight excluding hydrogens is 198 g/mol. The number of pyridine rings is 1. The summed E-state index contributed by atoms with van der Waals surface area (Å²) in [6, 6.07) is 12.1. The highest BCUT2D eigenvalue weighted by molar-refractivity contribution is 5.23. The lowest BCUT2D eigenvalue weighted by atomic mass is 10.0. The molecule has 2 nitrogen and oxygen atoms in total. The van der Waals surface area contributed by atoms with Crippen LogP contribution in [0.5, 0.6) is 0 Å². The van der Waals surface area contributed by atoms with Crippen LogP contribution in [0.3, 0.4) is 0 Å². The van der Waals surface area contributed by atoms with Gasteiger partial charge in [-0.1, -0.05) is 30.3 Å². The highest BCUT2D eigenvalue weighted by atomic mass is 16.3. The number of rotatable bonds is 4. The highest BCUT2D eigenvalue weighted by Gasteiger charge is 1.96. The Hall–Kier alpha value is -1.67. The lowest BCUT2D eigenvalue weighted by Crippen LogP contribution is -1.92. The van der Waals surface area contributed by atoms with Crippen LogP contribution in [0.4, 0.5) is 0 Å². The number of aryl methyl sites for hydroxylation is 2. The average Bonchev–Trinajstić information content (AvgIpc) is 2.38. The number of aliphatic hydroxyl groups is 1. The van der Waals surface area contributed by atoms with Crippen LogP contribution in [0.1, 0.15) is 16.7 Å². The molecule has 0 saturated carbocycles. The van der Waals surface area contributed by atoms with Crippen LogP contribution >= 0.6 is 0 Å². The number of hydrogen-bond acceptors (Lipinski definition) is 2. The van der Waals surface area contributed by atoms with Crippen molar-refractivity contribution in [2.75, 3.05) is 0 Å². The summed E-state index contributed by atoms with van der Waals surface area (Å²) in [5.74, 6) is 0. The molecule has 1 N–H and O–H groups in total. The van der Waals surface area contributed by atoms with Crippen molar-refractivity contribution in [3.05, 3.63) is 65.5 Å². The Bertz CT molecular complexity index is 422. The van der Waals surface area contributed by atoms with Crippen molar-refractivity contribution in [1.29, 1.82) is 0 Å². The molecule has 0 spiro atoms. The number of aliphatic hydroxyl groups excluding tert-OH is 1. The minimum atomic E-state index is 0.114. The van der Waals surface area contributed by atoms with Crippen molar-refractivity contribution in [2.45, 2.75) is 19.4 Å². The molecule has 0 bridgehead atoms. The van der Waals surface area contributed by atoms with Gasteiger partial charge in [-0.05, 0) is 35.6 Å². The molecule has 0 aliphatic heterocycles. The van der Waals surface area contributed by atoms with Crippen molar-refractivity contribution in [2.24, 2.45) is 0 Å². The van der Waals surface area contributed by atoms with Gasteiger partial charge in [0.2, 0.25) is 0 Å². The summed E-state index contributed by atoms with van der Waals surface area (Å²) in [6.45, 7) is 0.114. The Morgan fingerprint density at radius 3 is 2.19 bits per heavy atom. The van der Waals surface area contributed by atoms with Crippen LogP contribution in [-0.4, -0.2) is 10.1 Å². The second kappa shape index (κ2) is 5.42. The second-order valence-electron chi connectivity index (χ2n) is 3.84. The first-order valence-electron chi connectivity index (χ1n) is 5.46. The molecule has 1 aromatic heterocycles. The first-order valence-corrected chi connectivity index (χ1v) is 5.46. The fourth-order valence-corrected chi connectivity index (χ4v) is 1.65. The molecule has 16 heavy (non-hydrogen) atoms. The molecule has 1 heterocycles. The summed E-state index contributed by atoms with van der Waals surface area (Å²) in [5.41, 5.74) is 3.51. The Balaban J connectivity index is 1.94. The van der Waals surface area contributed by atoms with E-state index in [2.05, 4.69) is 23.2 Å². The van der Waals surface area contributed by atoms with Crippen molar-refractivity contribution in [3.8, 4) is 0 Å². The zero-order valence-corrected chi connectivity index (χ0v) is 9.13. The minimum Gasteiger partial charge on any atom is -0.392 e. The standard InChI is InChI=1S/C14H15NO/c16-11-14-7-4-12(5-8-14)3-6-13-2-1-9-15-10-13/h1-2,4-5,7-10,16H,3,6,11H2. The molecule has 0 aliphatic rings. The molecule has 1 aromatic carbocycles. The lowest BCUT2D eigenvalue weighted by molar-refractivity contribution is 0.282. The number of benzene rings is 1. The van der Waals surface area contributed by atoms with Crippen LogP contribution in [0, 0.1) is 0 Å². The monoisotopic (exact) mass is 213 g/mol. The quantitative estimate of drug-likeness (QED) is 0.845. The van der Waals surface area contributed by atoms with Crippen LogP contribution < -0.4 is 0 Å². The van der Waals surface area contributed by atoms with Crippen LogP contribution in [0.25, 0.3) is 0 Å². The summed E-state index contributed by atoms with van der Waals surface area (Å²) in [7, 11) is 0. The van der Waals surface area contributed by atoms with Gasteiger partial charge < -0.3 is 5.11 Å². The van der Waals surface area contributed by atoms with E-state index < -0.39 is 0 Å². The molecule has 0 radical (unpaired) electrons. The Kier molecular flexibility index (Phi) is 3.67. The Morgan fingerprint density at radius 2 is 1.56 bits per heavy atom. The van der Waals surface area contributed by atoms with Gasteiger partial charge in [-0.2, -0.15) is 0 Å². The molecular formula is C14H15NO. The van der Waals surface area contributed by atoms with E-state index in [1.807, 2.05) is 24.4 Å². The molecule has 0 atom stereocenters. The summed E-state index contributed by atoms with van der Waals surface area (Å²) in [4.78, 5) is 4.09. The average molecular weight is 213 g/mol. The van der Waals surface area contributed by atoms with Gasteiger partial charge in [0.15, 0.2) is 0 Å². The largest absolute Gasteiger partial charge is 0.392 e. The van der Waals surface area contributed by atoms with Gasteiger partial charge in [-0.3, -0.25) is 4.98 Å². The number of nitrogens with zero attached hydrogens (tertiary/aromatic N) is 1. The summed E-state index contributed by atoms with van der Waals surface area (Å²) >= 11 is 0. The van der Waals surface area contributed by atoms with Crippen LogP contribution in [-0.2, 0) is 19.4 Å². The maximum atomic E-state index is 8.93. The molecule has 0 unspecified atom stereocenters. The second-order valence-corrected chi connectivity index (χ2v) is 3.84. The minimum absolute atomic E-state index is 0.114. The van der Waals surface area contributed by atoms with E-state index in [0.29, 0.717) is 0 Å². The molecule has 0 aliphatic carbocycles. The maximum Gasteiger partial charge on any atom is 0.0681 e. The van der Waals surface area contributed by atoms with Crippen LogP contribution in [0.15, 0.2) is 48.8 Å². The van der Waals surface area contributed by atoms with E-state index in [1.54, 1.807) is 6.20 Å². The van der Waals surface area contributed by atoms with E-state index in [-0.39, 0.29) is 6.61 Å². The van der Waals surface area contributed by atoms with E-state index in [4.69, 9.17) is 5.11 Å². The summed E-state index contributed by atoms with van der Waals surface area (Å²) < 4.78 is 0. The molecule has 0 saturated heterocycles. The first-order chi connectivity index (χ1) is 7.88. The predicted molar refractivity (Wildman–Crippen MR) is 64.0 cm³/mol. The highest BCUT2D eigenvalue weighted by Crippen LogP contribution is 2.08. The molecule has 2 rings (SSSR count). The number of aromatic nitrogens is 1. The topological polar surface area (TPSA) is 33.1 Å². The molecule has 2 aromatic rings. The van der Waals surface area contributed by atoms with Crippen molar-refractivity contribution >= 4 is 0 Å². The van der Waals surface area contributed by atoms with Gasteiger partial charge in [-0.25, -0.2) is 0 Å². The first kappa shape index (κ1) is 10.8. The third kappa shape index (κ3) is 2.91. The molecule has 0 fully saturated rings. The van der Waals surface area contributed by atoms with Crippen LogP contribution in [0.2, 0.25) is 0 Å². The van der Waals surface area contributed by atoms with E-state index in [9.17, 15) is 0 Å². The van der Waals surface area contributed by atoms with E-state index in [0.717, 1.165) is 18.4 Å². The van der Waals surface area contributed by atoms with Gasteiger partial charge in [-0.15, -0.1) is 0 Å². The zero-order valence-electron chi connectivity index (χ0n) is 9.13. The normalized spacial score (nSPS) is 10.3. The lowest BCUT2D eigenvalue weighted by Gasteiger charge is -2.02. The maximum absolute atomic E-state index is 8.93. The van der Waals surface area contributed by atoms with Gasteiger partial charge in [0.1, 0.15) is 0 Å². The van der Waals surface area contributed by atoms with Gasteiger partial charge in [0.25, 0.3) is 0 Å². The Labute approximate surface area is 95.6 Å². The third-order valence-corrected chi connectivity index (χ3v) is 2.63. The molecule has 0 amide bonds. The number of hydrogen-bond donors (Lipinski definition) is 1. The molecule has 82 valence electrons. The van der Waals surface area contributed by atoms with Gasteiger partial charge in [0.05, 0.1) is 6.61 Å². The summed E-state index contributed by atoms with van der Waals surface area (Å²) in [5, 5.41) is 8.93. The van der Waals surface area contributed by atoms with Crippen molar-refractivity contribution in [3.63, 3.8) is 0 Å². The van der Waals surface area contributed by atoms with Crippen molar-refractivity contribution < 1.29 is 5.11 Å². The zero-order chi connectivity index (χ0) is 11.2. The van der Waals surface area contributed by atoms with E-state index >= 15 is 0 Å². The van der Waals surface area contributed by atoms with Gasteiger partial charge in [0, 0.05) is 12.4 Å². The SMILES string of the molecule is OCc1ccc(CCc2cccnc2)cc1. The van der Waals surface area contributed by atoms with Crippen molar-refractivity contribution in [1.82, 2.24) is 4.98 Å². The summed E-state index contributed by atoms with van der Waals surface area (Å²) in [6.07, 6.45) is 5.71. The third-order valence-electron chi connectivity index (χ3n) is 2.63. The molecule has 2 heteroatoms. The van der Waals surface area contributed by atoms with Gasteiger partial charge >= 0.3 is 0 Å². The fourth-order valence-electron chi connectivity index (χ4n) is 1.65. The predicted octanol–water partition coefficient (Wildman–Crippen LogP) is 2.36. The fraction of sp³-hybridized carbons (Fsp3) is 0.214. The Morgan fingerprint density at radius 1 is 0.875 bits per heavy atom. The smallest absolute Gasteiger partial charge is 0.0681 e.